The SMILES string of the molecule is COCCN(CC(=O)N(Cc1cccn1Cc1ccccc1Cl)CC(C)C)C(=O)CCC1CCCC1. The van der Waals surface area contributed by atoms with Gasteiger partial charge in [0.1, 0.15) is 0 Å². The van der Waals surface area contributed by atoms with Crippen LogP contribution in [0.15, 0.2) is 42.6 Å². The maximum Gasteiger partial charge on any atom is 0.242 e. The highest BCUT2D eigenvalue weighted by molar-refractivity contribution is 6.31. The van der Waals surface area contributed by atoms with Crippen molar-refractivity contribution in [3.8, 4) is 0 Å². The number of carbonyl (C=O) groups is 2. The summed E-state index contributed by atoms with van der Waals surface area (Å²) in [6.45, 7) is 6.93. The van der Waals surface area contributed by atoms with Gasteiger partial charge in [-0.05, 0) is 42.0 Å². The van der Waals surface area contributed by atoms with Gasteiger partial charge in [-0.3, -0.25) is 9.59 Å². The first-order valence-corrected chi connectivity index (χ1v) is 13.7. The molecule has 2 amide bonds. The van der Waals surface area contributed by atoms with Gasteiger partial charge in [0.05, 0.1) is 19.7 Å². The van der Waals surface area contributed by atoms with Crippen molar-refractivity contribution in [2.75, 3.05) is 33.4 Å². The van der Waals surface area contributed by atoms with Crippen molar-refractivity contribution >= 4 is 23.4 Å². The summed E-state index contributed by atoms with van der Waals surface area (Å²) in [6, 6.07) is 11.9. The molecule has 1 aliphatic rings. The molecule has 0 bridgehead atoms. The number of hydrogen-bond acceptors (Lipinski definition) is 3. The highest BCUT2D eigenvalue weighted by atomic mass is 35.5. The van der Waals surface area contributed by atoms with Crippen molar-refractivity contribution in [2.45, 2.75) is 65.5 Å². The third-order valence-corrected chi connectivity index (χ3v) is 7.37. The fourth-order valence-electron chi connectivity index (χ4n) is 4.99. The fourth-order valence-corrected chi connectivity index (χ4v) is 5.19. The van der Waals surface area contributed by atoms with E-state index in [2.05, 4.69) is 18.4 Å². The molecule has 1 heterocycles. The molecule has 0 spiro atoms. The van der Waals surface area contributed by atoms with E-state index in [1.165, 1.54) is 25.7 Å². The van der Waals surface area contributed by atoms with Crippen LogP contribution in [-0.2, 0) is 27.4 Å². The highest BCUT2D eigenvalue weighted by Gasteiger charge is 2.24. The van der Waals surface area contributed by atoms with Gasteiger partial charge in [-0.1, -0.05) is 69.3 Å². The molecule has 1 aliphatic carbocycles. The van der Waals surface area contributed by atoms with E-state index >= 15 is 0 Å². The molecule has 7 heteroatoms. The zero-order valence-electron chi connectivity index (χ0n) is 22.1. The lowest BCUT2D eigenvalue weighted by atomic mass is 10.0. The van der Waals surface area contributed by atoms with Gasteiger partial charge < -0.3 is 19.1 Å². The molecule has 198 valence electrons. The number of nitrogens with zero attached hydrogens (tertiary/aromatic N) is 3. The predicted molar refractivity (Wildman–Crippen MR) is 145 cm³/mol. The molecule has 1 aromatic carbocycles. The van der Waals surface area contributed by atoms with Crippen molar-refractivity contribution in [3.63, 3.8) is 0 Å². The van der Waals surface area contributed by atoms with Gasteiger partial charge in [-0.2, -0.15) is 0 Å². The minimum atomic E-state index is -0.0282. The molecule has 6 nitrogen and oxygen atoms in total. The third-order valence-electron chi connectivity index (χ3n) is 7.00. The monoisotopic (exact) mass is 515 g/mol. The van der Waals surface area contributed by atoms with E-state index in [0.29, 0.717) is 51.0 Å². The lowest BCUT2D eigenvalue weighted by molar-refractivity contribution is -0.141. The number of rotatable bonds is 14. The fraction of sp³-hybridized carbons (Fsp3) is 0.586. The lowest BCUT2D eigenvalue weighted by Crippen LogP contribution is -2.45. The summed E-state index contributed by atoms with van der Waals surface area (Å²) in [5.41, 5.74) is 2.08. The molecule has 1 aromatic heterocycles. The van der Waals surface area contributed by atoms with Gasteiger partial charge in [-0.25, -0.2) is 0 Å². The molecule has 0 saturated heterocycles. The molecule has 1 saturated carbocycles. The van der Waals surface area contributed by atoms with Gasteiger partial charge in [-0.15, -0.1) is 0 Å². The van der Waals surface area contributed by atoms with Gasteiger partial charge in [0.25, 0.3) is 0 Å². The summed E-state index contributed by atoms with van der Waals surface area (Å²) in [5.74, 6) is 0.988. The average molecular weight is 516 g/mol. The third kappa shape index (κ3) is 8.67. The van der Waals surface area contributed by atoms with Crippen LogP contribution in [0.2, 0.25) is 5.02 Å². The largest absolute Gasteiger partial charge is 0.383 e. The highest BCUT2D eigenvalue weighted by Crippen LogP contribution is 2.28. The Kier molecular flexibility index (Phi) is 11.3. The van der Waals surface area contributed by atoms with E-state index in [-0.39, 0.29) is 18.4 Å². The first-order valence-electron chi connectivity index (χ1n) is 13.3. The lowest BCUT2D eigenvalue weighted by Gasteiger charge is -2.29. The molecule has 0 N–H and O–H groups in total. The minimum Gasteiger partial charge on any atom is -0.383 e. The predicted octanol–water partition coefficient (Wildman–Crippen LogP) is 5.62. The second-order valence-corrected chi connectivity index (χ2v) is 10.8. The Hall–Kier alpha value is -2.31. The average Bonchev–Trinajstić information content (AvgIpc) is 3.53. The number of halogens is 1. The Morgan fingerprint density at radius 2 is 1.83 bits per heavy atom. The summed E-state index contributed by atoms with van der Waals surface area (Å²) >= 11 is 6.39. The van der Waals surface area contributed by atoms with Crippen LogP contribution in [0.25, 0.3) is 0 Å². The van der Waals surface area contributed by atoms with Gasteiger partial charge in [0.15, 0.2) is 0 Å². The molecule has 2 aromatic rings. The molecule has 0 atom stereocenters. The van der Waals surface area contributed by atoms with Crippen molar-refractivity contribution in [3.05, 3.63) is 58.9 Å². The number of benzene rings is 1. The zero-order valence-corrected chi connectivity index (χ0v) is 22.9. The summed E-state index contributed by atoms with van der Waals surface area (Å²) < 4.78 is 7.38. The van der Waals surface area contributed by atoms with Gasteiger partial charge >= 0.3 is 0 Å². The van der Waals surface area contributed by atoms with Gasteiger partial charge in [0, 0.05) is 50.1 Å². The minimum absolute atomic E-state index is 0.0282. The van der Waals surface area contributed by atoms with Crippen LogP contribution in [0.4, 0.5) is 0 Å². The number of carbonyl (C=O) groups excluding carboxylic acids is 2. The van der Waals surface area contributed by atoms with E-state index in [4.69, 9.17) is 16.3 Å². The van der Waals surface area contributed by atoms with E-state index in [1.54, 1.807) is 12.0 Å². The molecule has 3 rings (SSSR count). The molecule has 0 aliphatic heterocycles. The molecular formula is C29H42ClN3O3. The second kappa shape index (κ2) is 14.4. The van der Waals surface area contributed by atoms with E-state index in [0.717, 1.165) is 22.7 Å². The molecular weight excluding hydrogens is 474 g/mol. The summed E-state index contributed by atoms with van der Waals surface area (Å²) in [5, 5.41) is 0.733. The standard InChI is InChI=1S/C29H42ClN3O3/c1-23(2)19-33(21-26-12-8-16-31(26)20-25-11-6-7-13-27(25)30)29(35)22-32(17-18-36-3)28(34)15-14-24-9-4-5-10-24/h6-8,11-13,16,23-24H,4-5,9-10,14-15,17-22H2,1-3H3. The smallest absolute Gasteiger partial charge is 0.242 e. The molecule has 0 radical (unpaired) electrons. The first kappa shape index (κ1) is 28.3. The Labute approximate surface area is 221 Å². The topological polar surface area (TPSA) is 54.8 Å². The zero-order chi connectivity index (χ0) is 25.9. The van der Waals surface area contributed by atoms with Crippen molar-refractivity contribution < 1.29 is 14.3 Å². The summed E-state index contributed by atoms with van der Waals surface area (Å²) in [6.07, 6.45) is 8.43. The second-order valence-electron chi connectivity index (χ2n) is 10.4. The summed E-state index contributed by atoms with van der Waals surface area (Å²) in [7, 11) is 1.63. The van der Waals surface area contributed by atoms with E-state index < -0.39 is 0 Å². The summed E-state index contributed by atoms with van der Waals surface area (Å²) in [4.78, 5) is 30.2. The number of aromatic nitrogens is 1. The van der Waals surface area contributed by atoms with Crippen LogP contribution in [0, 0.1) is 11.8 Å². The number of methoxy groups -OCH3 is 1. The number of amides is 2. The van der Waals surface area contributed by atoms with Crippen LogP contribution in [0.1, 0.15) is 63.6 Å². The normalized spacial score (nSPS) is 13.9. The number of ether oxygens (including phenoxy) is 1. The van der Waals surface area contributed by atoms with Crippen LogP contribution in [0.5, 0.6) is 0 Å². The quantitative estimate of drug-likeness (QED) is 0.328. The Balaban J connectivity index is 1.68. The first-order chi connectivity index (χ1) is 17.4. The molecule has 1 fully saturated rings. The van der Waals surface area contributed by atoms with Crippen LogP contribution >= 0.6 is 11.6 Å². The van der Waals surface area contributed by atoms with Crippen molar-refractivity contribution in [1.29, 1.82) is 0 Å². The molecule has 0 unspecified atom stereocenters. The van der Waals surface area contributed by atoms with E-state index in [9.17, 15) is 9.59 Å². The molecule has 36 heavy (non-hydrogen) atoms. The van der Waals surface area contributed by atoms with Crippen LogP contribution in [-0.4, -0.2) is 59.5 Å². The maximum atomic E-state index is 13.5. The Bertz CT molecular complexity index is 968. The van der Waals surface area contributed by atoms with E-state index in [1.807, 2.05) is 47.5 Å². The van der Waals surface area contributed by atoms with Crippen molar-refractivity contribution in [1.82, 2.24) is 14.4 Å². The van der Waals surface area contributed by atoms with Crippen molar-refractivity contribution in [2.24, 2.45) is 11.8 Å². The Morgan fingerprint density at radius 1 is 1.08 bits per heavy atom. The number of hydrogen-bond donors (Lipinski definition) is 0. The maximum absolute atomic E-state index is 13.5. The van der Waals surface area contributed by atoms with Gasteiger partial charge in [0.2, 0.25) is 11.8 Å². The van der Waals surface area contributed by atoms with Crippen LogP contribution < -0.4 is 0 Å². The van der Waals surface area contributed by atoms with Crippen LogP contribution in [0.3, 0.4) is 0 Å². The Morgan fingerprint density at radius 3 is 2.53 bits per heavy atom.